The predicted octanol–water partition coefficient (Wildman–Crippen LogP) is 3.17. The Labute approximate surface area is 94.3 Å². The number of aromatic nitrogens is 1. The lowest BCUT2D eigenvalue weighted by Crippen LogP contribution is -2.02. The highest BCUT2D eigenvalue weighted by atomic mass is 35.5. The molecule has 1 aromatic heterocycles. The van der Waals surface area contributed by atoms with Crippen molar-refractivity contribution in [3.63, 3.8) is 0 Å². The molecule has 0 N–H and O–H groups in total. The van der Waals surface area contributed by atoms with Gasteiger partial charge in [0.1, 0.15) is 11.5 Å². The van der Waals surface area contributed by atoms with E-state index in [0.29, 0.717) is 0 Å². The number of hydrogen-bond donors (Lipinski definition) is 0. The summed E-state index contributed by atoms with van der Waals surface area (Å²) in [6, 6.07) is 3.68. The fourth-order valence-corrected chi connectivity index (χ4v) is 1.87. The molecule has 0 aliphatic rings. The molecule has 2 rings (SSSR count). The van der Waals surface area contributed by atoms with Crippen molar-refractivity contribution in [1.29, 1.82) is 0 Å². The van der Waals surface area contributed by atoms with E-state index in [0.717, 1.165) is 6.07 Å². The molecule has 2 nitrogen and oxygen atoms in total. The second kappa shape index (κ2) is 4.08. The molecule has 0 saturated heterocycles. The van der Waals surface area contributed by atoms with Gasteiger partial charge in [0.15, 0.2) is 0 Å². The molecule has 0 unspecified atom stereocenters. The van der Waals surface area contributed by atoms with E-state index in [1.54, 1.807) is 10.9 Å². The Bertz CT molecular complexity index is 498. The minimum absolute atomic E-state index is 0.141. The van der Waals surface area contributed by atoms with Crippen molar-refractivity contribution in [2.45, 2.75) is 0 Å². The summed E-state index contributed by atoms with van der Waals surface area (Å²) in [6.45, 7) is 0. The summed E-state index contributed by atoms with van der Waals surface area (Å²) in [5, 5.41) is 1.83. The normalized spacial score (nSPS) is 10.3. The molecule has 0 saturated carbocycles. The fourth-order valence-electron chi connectivity index (χ4n) is 1.13. The van der Waals surface area contributed by atoms with Gasteiger partial charge in [0, 0.05) is 10.9 Å². The number of hydrogen-bond acceptors (Lipinski definition) is 3. The number of carbonyl (C=O) groups is 1. The maximum atomic E-state index is 12.9. The van der Waals surface area contributed by atoms with Crippen LogP contribution >= 0.6 is 22.9 Å². The number of nitrogens with zero attached hydrogens (tertiary/aromatic N) is 1. The van der Waals surface area contributed by atoms with Gasteiger partial charge in [0.05, 0.1) is 10.5 Å². The van der Waals surface area contributed by atoms with E-state index in [1.165, 1.54) is 23.5 Å². The molecule has 0 aliphatic carbocycles. The molecule has 76 valence electrons. The molecule has 0 radical (unpaired) electrons. The van der Waals surface area contributed by atoms with Crippen molar-refractivity contribution in [2.24, 2.45) is 0 Å². The summed E-state index contributed by atoms with van der Waals surface area (Å²) in [5.74, 6) is -0.848. The van der Waals surface area contributed by atoms with Crippen LogP contribution in [0.5, 0.6) is 0 Å². The summed E-state index contributed by atoms with van der Waals surface area (Å²) in [4.78, 5) is 15.6. The van der Waals surface area contributed by atoms with E-state index in [4.69, 9.17) is 11.6 Å². The molecule has 15 heavy (non-hydrogen) atoms. The van der Waals surface area contributed by atoms with Gasteiger partial charge >= 0.3 is 0 Å². The smallest absolute Gasteiger partial charge is 0.213 e. The Hall–Kier alpha value is -1.26. The van der Waals surface area contributed by atoms with Crippen LogP contribution in [0.3, 0.4) is 0 Å². The lowest BCUT2D eigenvalue weighted by Gasteiger charge is -2.00. The van der Waals surface area contributed by atoms with Crippen LogP contribution in [0.4, 0.5) is 4.39 Å². The van der Waals surface area contributed by atoms with Gasteiger partial charge in [-0.2, -0.15) is 0 Å². The number of carbonyl (C=O) groups excluding carboxylic acids is 1. The molecular weight excluding hydrogens is 237 g/mol. The van der Waals surface area contributed by atoms with E-state index in [-0.39, 0.29) is 22.1 Å². The predicted molar refractivity (Wildman–Crippen MR) is 57.0 cm³/mol. The second-order valence-electron chi connectivity index (χ2n) is 2.83. The van der Waals surface area contributed by atoms with Crippen LogP contribution in [0.1, 0.15) is 16.1 Å². The zero-order valence-corrected chi connectivity index (χ0v) is 8.98. The van der Waals surface area contributed by atoms with Crippen molar-refractivity contribution in [1.82, 2.24) is 4.98 Å². The maximum Gasteiger partial charge on any atom is 0.213 e. The third-order valence-electron chi connectivity index (χ3n) is 1.84. The molecule has 0 amide bonds. The number of thiazole rings is 1. The minimum Gasteiger partial charge on any atom is -0.287 e. The highest BCUT2D eigenvalue weighted by molar-refractivity contribution is 7.07. The third kappa shape index (κ3) is 2.06. The van der Waals surface area contributed by atoms with Gasteiger partial charge in [-0.05, 0) is 18.2 Å². The molecule has 5 heteroatoms. The standard InChI is InChI=1S/C10H5ClFNOS/c11-8-2-1-6(12)3-7(8)10(14)9-4-15-5-13-9/h1-5H. The summed E-state index contributed by atoms with van der Waals surface area (Å²) >= 11 is 7.10. The van der Waals surface area contributed by atoms with Gasteiger partial charge in [0.2, 0.25) is 5.78 Å². The van der Waals surface area contributed by atoms with Crippen LogP contribution in [-0.4, -0.2) is 10.8 Å². The van der Waals surface area contributed by atoms with E-state index in [2.05, 4.69) is 4.98 Å². The van der Waals surface area contributed by atoms with E-state index in [1.807, 2.05) is 0 Å². The number of ketones is 1. The van der Waals surface area contributed by atoms with Crippen molar-refractivity contribution in [3.8, 4) is 0 Å². The van der Waals surface area contributed by atoms with Crippen LogP contribution in [0.2, 0.25) is 5.02 Å². The molecule has 0 aliphatic heterocycles. The molecule has 1 aromatic carbocycles. The number of benzene rings is 1. The molecular formula is C10H5ClFNOS. The Balaban J connectivity index is 2.46. The Morgan fingerprint density at radius 1 is 1.47 bits per heavy atom. The third-order valence-corrected chi connectivity index (χ3v) is 2.75. The van der Waals surface area contributed by atoms with Gasteiger partial charge < -0.3 is 0 Å². The number of rotatable bonds is 2. The minimum atomic E-state index is -0.488. The summed E-state index contributed by atoms with van der Waals surface area (Å²) in [7, 11) is 0. The Kier molecular flexibility index (Phi) is 2.79. The van der Waals surface area contributed by atoms with Crippen molar-refractivity contribution in [2.75, 3.05) is 0 Å². The summed E-state index contributed by atoms with van der Waals surface area (Å²) in [5.41, 5.74) is 1.97. The maximum absolute atomic E-state index is 12.9. The van der Waals surface area contributed by atoms with Crippen LogP contribution in [0.15, 0.2) is 29.1 Å². The van der Waals surface area contributed by atoms with E-state index >= 15 is 0 Å². The zero-order valence-electron chi connectivity index (χ0n) is 7.41. The topological polar surface area (TPSA) is 30.0 Å². The van der Waals surface area contributed by atoms with Crippen molar-refractivity contribution >= 4 is 28.7 Å². The van der Waals surface area contributed by atoms with Gasteiger partial charge in [0.25, 0.3) is 0 Å². The first kappa shape index (κ1) is 10.3. The van der Waals surface area contributed by atoms with Crippen molar-refractivity contribution < 1.29 is 9.18 Å². The SMILES string of the molecule is O=C(c1cscn1)c1cc(F)ccc1Cl. The highest BCUT2D eigenvalue weighted by Gasteiger charge is 2.15. The largest absolute Gasteiger partial charge is 0.287 e. The van der Waals surface area contributed by atoms with E-state index < -0.39 is 5.82 Å². The second-order valence-corrected chi connectivity index (χ2v) is 3.95. The van der Waals surface area contributed by atoms with Crippen LogP contribution in [0.25, 0.3) is 0 Å². The molecule has 0 spiro atoms. The molecule has 0 fully saturated rings. The molecule has 0 bridgehead atoms. The zero-order chi connectivity index (χ0) is 10.8. The first-order valence-corrected chi connectivity index (χ1v) is 5.38. The Morgan fingerprint density at radius 3 is 2.93 bits per heavy atom. The lowest BCUT2D eigenvalue weighted by atomic mass is 10.1. The van der Waals surface area contributed by atoms with Gasteiger partial charge in [-0.15, -0.1) is 11.3 Å². The summed E-state index contributed by atoms with van der Waals surface area (Å²) in [6.07, 6.45) is 0. The average molecular weight is 242 g/mol. The van der Waals surface area contributed by atoms with Gasteiger partial charge in [-0.25, -0.2) is 9.37 Å². The lowest BCUT2D eigenvalue weighted by molar-refractivity contribution is 0.103. The van der Waals surface area contributed by atoms with Crippen LogP contribution < -0.4 is 0 Å². The quantitative estimate of drug-likeness (QED) is 0.756. The first-order chi connectivity index (χ1) is 7.18. The highest BCUT2D eigenvalue weighted by Crippen LogP contribution is 2.20. The first-order valence-electron chi connectivity index (χ1n) is 4.06. The van der Waals surface area contributed by atoms with Gasteiger partial charge in [-0.3, -0.25) is 4.79 Å². The molecule has 1 heterocycles. The molecule has 0 atom stereocenters. The van der Waals surface area contributed by atoms with Crippen LogP contribution in [-0.2, 0) is 0 Å². The van der Waals surface area contributed by atoms with Gasteiger partial charge in [-0.1, -0.05) is 11.6 Å². The summed E-state index contributed by atoms with van der Waals surface area (Å²) < 4.78 is 12.9. The van der Waals surface area contributed by atoms with Crippen LogP contribution in [0, 0.1) is 5.82 Å². The van der Waals surface area contributed by atoms with E-state index in [9.17, 15) is 9.18 Å². The Morgan fingerprint density at radius 2 is 2.27 bits per heavy atom. The fraction of sp³-hybridized carbons (Fsp3) is 0. The van der Waals surface area contributed by atoms with Crippen molar-refractivity contribution in [3.05, 3.63) is 51.2 Å². The monoisotopic (exact) mass is 241 g/mol. The number of halogens is 2. The molecule has 2 aromatic rings. The average Bonchev–Trinajstić information content (AvgIpc) is 2.74.